The van der Waals surface area contributed by atoms with Crippen LogP contribution in [0, 0.1) is 41.6 Å². The molecule has 1 aromatic heterocycles. The molecule has 2 aromatic carbocycles. The Morgan fingerprint density at radius 3 is 2.49 bits per heavy atom. The molecule has 37 heavy (non-hydrogen) atoms. The van der Waals surface area contributed by atoms with Crippen molar-refractivity contribution in [2.24, 2.45) is 5.41 Å². The zero-order chi connectivity index (χ0) is 26.6. The number of pyridine rings is 1. The maximum atomic E-state index is 15.7. The van der Waals surface area contributed by atoms with E-state index >= 15 is 4.39 Å². The van der Waals surface area contributed by atoms with E-state index in [1.165, 1.54) is 0 Å². The van der Waals surface area contributed by atoms with Crippen LogP contribution < -0.4 is 4.74 Å². The molecule has 4 nitrogen and oxygen atoms in total. The highest BCUT2D eigenvalue weighted by Gasteiger charge is 2.34. The number of benzene rings is 2. The molecule has 0 aliphatic carbocycles. The van der Waals surface area contributed by atoms with Gasteiger partial charge in [0, 0.05) is 30.3 Å². The number of ether oxygens (including phenoxy) is 1. The largest absolute Gasteiger partial charge is 0.497 e. The lowest BCUT2D eigenvalue weighted by Gasteiger charge is -2.40. The Bertz CT molecular complexity index is 1300. The van der Waals surface area contributed by atoms with Gasteiger partial charge in [0.2, 0.25) is 0 Å². The Balaban J connectivity index is 1.38. The molecule has 1 aliphatic heterocycles. The minimum atomic E-state index is -1.22. The van der Waals surface area contributed by atoms with Gasteiger partial charge in [-0.15, -0.1) is 0 Å². The van der Waals surface area contributed by atoms with Gasteiger partial charge in [0.25, 0.3) is 0 Å². The first-order valence-electron chi connectivity index (χ1n) is 12.3. The highest BCUT2D eigenvalue weighted by Crippen LogP contribution is 2.40. The number of hydrogen-bond acceptors (Lipinski definition) is 4. The van der Waals surface area contributed by atoms with Crippen molar-refractivity contribution in [2.45, 2.75) is 38.8 Å². The number of rotatable bonds is 7. The topological polar surface area (TPSA) is 45.6 Å². The maximum Gasteiger partial charge on any atom is 0.144 e. The third kappa shape index (κ3) is 6.06. The molecule has 1 fully saturated rings. The van der Waals surface area contributed by atoms with Gasteiger partial charge in [-0.2, -0.15) is 0 Å². The van der Waals surface area contributed by atoms with E-state index in [0.29, 0.717) is 61.3 Å². The molecule has 8 heteroatoms. The average Bonchev–Trinajstić information content (AvgIpc) is 2.89. The summed E-state index contributed by atoms with van der Waals surface area (Å²) in [6.45, 7) is 3.32. The van der Waals surface area contributed by atoms with Crippen molar-refractivity contribution < 1.29 is 27.4 Å². The van der Waals surface area contributed by atoms with E-state index in [9.17, 15) is 18.3 Å². The molecule has 3 aromatic rings. The summed E-state index contributed by atoms with van der Waals surface area (Å²) in [7, 11) is 1.57. The lowest BCUT2D eigenvalue weighted by atomic mass is 9.74. The monoisotopic (exact) mass is 514 g/mol. The molecule has 1 unspecified atom stereocenters. The van der Waals surface area contributed by atoms with E-state index in [2.05, 4.69) is 16.8 Å². The van der Waals surface area contributed by atoms with E-state index in [4.69, 9.17) is 4.74 Å². The van der Waals surface area contributed by atoms with Crippen molar-refractivity contribution in [3.05, 3.63) is 70.7 Å². The van der Waals surface area contributed by atoms with Crippen molar-refractivity contribution in [1.82, 2.24) is 9.88 Å². The minimum Gasteiger partial charge on any atom is -0.497 e. The number of fused-ring (bicyclic) bond motifs is 1. The van der Waals surface area contributed by atoms with E-state index in [0.717, 1.165) is 10.9 Å². The molecular formula is C29H30F4N2O2. The molecule has 1 atom stereocenters. The van der Waals surface area contributed by atoms with Crippen molar-refractivity contribution in [2.75, 3.05) is 33.4 Å². The lowest BCUT2D eigenvalue weighted by molar-refractivity contribution is 0.0344. The van der Waals surface area contributed by atoms with Crippen LogP contribution in [0.5, 0.6) is 5.75 Å². The molecule has 0 saturated carbocycles. The minimum absolute atomic E-state index is 0.0465. The average molecular weight is 515 g/mol. The van der Waals surface area contributed by atoms with Gasteiger partial charge in [0.05, 0.1) is 24.7 Å². The first kappa shape index (κ1) is 26.9. The van der Waals surface area contributed by atoms with Gasteiger partial charge in [-0.3, -0.25) is 9.88 Å². The highest BCUT2D eigenvalue weighted by molar-refractivity contribution is 5.84. The van der Waals surface area contributed by atoms with Crippen LogP contribution in [0.3, 0.4) is 0 Å². The molecule has 1 saturated heterocycles. The summed E-state index contributed by atoms with van der Waals surface area (Å²) in [6, 6.07) is 6.63. The highest BCUT2D eigenvalue weighted by atomic mass is 19.1. The van der Waals surface area contributed by atoms with Crippen LogP contribution in [0.2, 0.25) is 0 Å². The van der Waals surface area contributed by atoms with Crippen LogP contribution in [0.4, 0.5) is 17.6 Å². The van der Waals surface area contributed by atoms with Crippen LogP contribution in [-0.2, 0) is 0 Å². The van der Waals surface area contributed by atoms with Crippen molar-refractivity contribution in [3.8, 4) is 17.6 Å². The predicted molar refractivity (Wildman–Crippen MR) is 135 cm³/mol. The second-order valence-corrected chi connectivity index (χ2v) is 9.72. The van der Waals surface area contributed by atoms with Crippen LogP contribution in [0.1, 0.15) is 48.5 Å². The van der Waals surface area contributed by atoms with Crippen LogP contribution in [0.25, 0.3) is 10.9 Å². The fraction of sp³-hybridized carbons (Fsp3) is 0.414. The number of aliphatic hydroxyl groups excluding tert-OH is 1. The fourth-order valence-corrected chi connectivity index (χ4v) is 4.99. The summed E-state index contributed by atoms with van der Waals surface area (Å²) < 4.78 is 61.6. The molecule has 1 N–H and O–H groups in total. The van der Waals surface area contributed by atoms with Crippen LogP contribution in [-0.4, -0.2) is 48.3 Å². The summed E-state index contributed by atoms with van der Waals surface area (Å²) in [5, 5.41) is 10.9. The molecule has 196 valence electrons. The molecule has 0 bridgehead atoms. The Morgan fingerprint density at radius 2 is 1.84 bits per heavy atom. The fourth-order valence-electron chi connectivity index (χ4n) is 4.99. The second kappa shape index (κ2) is 11.5. The Hall–Kier alpha value is -3.15. The van der Waals surface area contributed by atoms with Gasteiger partial charge in [0.15, 0.2) is 0 Å². The smallest absolute Gasteiger partial charge is 0.144 e. The quantitative estimate of drug-likeness (QED) is 0.316. The molecular weight excluding hydrogens is 484 g/mol. The zero-order valence-corrected chi connectivity index (χ0v) is 21.0. The SMILES string of the molecule is COc1ccc2ncc(C)c(C(F)CCC3(CO)CCN(CC#Cc4c(F)cc(F)cc4F)CC3)c2c1. The molecule has 2 heterocycles. The summed E-state index contributed by atoms with van der Waals surface area (Å²) in [4.78, 5) is 6.44. The summed E-state index contributed by atoms with van der Waals surface area (Å²) >= 11 is 0. The summed E-state index contributed by atoms with van der Waals surface area (Å²) in [5.74, 6) is 2.81. The van der Waals surface area contributed by atoms with Crippen LogP contribution in [0.15, 0.2) is 36.5 Å². The van der Waals surface area contributed by atoms with E-state index < -0.39 is 34.6 Å². The number of methoxy groups -OCH3 is 1. The number of aliphatic hydroxyl groups is 1. The van der Waals surface area contributed by atoms with Crippen molar-refractivity contribution in [1.29, 1.82) is 0 Å². The standard InChI is InChI=1S/C29H30F4N2O2/c1-19-17-34-27-6-5-21(37-2)16-23(27)28(19)24(31)7-8-29(18-36)9-12-35(13-10-29)11-3-4-22-25(32)14-20(30)15-26(22)33/h5-6,14-17,24,36H,7-13,18H2,1-2H3. The third-order valence-corrected chi connectivity index (χ3v) is 7.33. The Morgan fingerprint density at radius 1 is 1.14 bits per heavy atom. The van der Waals surface area contributed by atoms with Gasteiger partial charge >= 0.3 is 0 Å². The number of piperidine rings is 1. The predicted octanol–water partition coefficient (Wildman–Crippen LogP) is 5.89. The number of hydrogen-bond donors (Lipinski definition) is 1. The summed E-state index contributed by atoms with van der Waals surface area (Å²) in [6.07, 6.45) is 2.55. The number of aryl methyl sites for hydroxylation is 1. The molecule has 0 amide bonds. The number of alkyl halides is 1. The van der Waals surface area contributed by atoms with Crippen molar-refractivity contribution >= 4 is 10.9 Å². The van der Waals surface area contributed by atoms with Gasteiger partial charge in [-0.05, 0) is 80.4 Å². The number of halogens is 4. The lowest BCUT2D eigenvalue weighted by Crippen LogP contribution is -2.42. The van der Waals surface area contributed by atoms with E-state index in [1.807, 2.05) is 24.0 Å². The van der Waals surface area contributed by atoms with Gasteiger partial charge in [-0.1, -0.05) is 11.8 Å². The zero-order valence-electron chi connectivity index (χ0n) is 21.0. The number of aromatic nitrogens is 1. The van der Waals surface area contributed by atoms with E-state index in [-0.39, 0.29) is 19.6 Å². The Kier molecular flexibility index (Phi) is 8.35. The maximum absolute atomic E-state index is 15.7. The third-order valence-electron chi connectivity index (χ3n) is 7.33. The number of likely N-dealkylation sites (tertiary alicyclic amines) is 1. The molecule has 1 aliphatic rings. The molecule has 0 spiro atoms. The van der Waals surface area contributed by atoms with Crippen LogP contribution >= 0.6 is 0 Å². The Labute approximate surface area is 214 Å². The van der Waals surface area contributed by atoms with Gasteiger partial charge < -0.3 is 9.84 Å². The van der Waals surface area contributed by atoms with Gasteiger partial charge in [0.1, 0.15) is 29.4 Å². The van der Waals surface area contributed by atoms with E-state index in [1.54, 1.807) is 19.4 Å². The normalized spacial score (nSPS) is 16.3. The molecule has 4 rings (SSSR count). The summed E-state index contributed by atoms with van der Waals surface area (Å²) in [5.41, 5.74) is 1.22. The van der Waals surface area contributed by atoms with Gasteiger partial charge in [-0.25, -0.2) is 17.6 Å². The van der Waals surface area contributed by atoms with Crippen molar-refractivity contribution in [3.63, 3.8) is 0 Å². The first-order chi connectivity index (χ1) is 17.7. The first-order valence-corrected chi connectivity index (χ1v) is 12.3. The molecule has 0 radical (unpaired) electrons. The second-order valence-electron chi connectivity index (χ2n) is 9.72. The number of nitrogens with zero attached hydrogens (tertiary/aromatic N) is 2.